The fourth-order valence-corrected chi connectivity index (χ4v) is 1.30. The molecular formula is C11H10N2O. The molecule has 0 aliphatic carbocycles. The van der Waals surface area contributed by atoms with Gasteiger partial charge >= 0.3 is 0 Å². The molecule has 2 aromatic rings. The summed E-state index contributed by atoms with van der Waals surface area (Å²) in [5.74, 6) is 0.157. The first-order chi connectivity index (χ1) is 6.75. The van der Waals surface area contributed by atoms with E-state index in [1.54, 1.807) is 12.3 Å². The number of nitrogen functional groups attached to an aromatic ring is 1. The zero-order chi connectivity index (χ0) is 9.97. The highest BCUT2D eigenvalue weighted by molar-refractivity contribution is 5.67. The molecule has 0 aliphatic rings. The summed E-state index contributed by atoms with van der Waals surface area (Å²) < 4.78 is 0. The third-order valence-corrected chi connectivity index (χ3v) is 1.94. The Labute approximate surface area is 81.8 Å². The van der Waals surface area contributed by atoms with Crippen molar-refractivity contribution in [2.75, 3.05) is 5.73 Å². The van der Waals surface area contributed by atoms with E-state index < -0.39 is 0 Å². The molecule has 14 heavy (non-hydrogen) atoms. The Morgan fingerprint density at radius 1 is 1.07 bits per heavy atom. The van der Waals surface area contributed by atoms with E-state index >= 15 is 0 Å². The van der Waals surface area contributed by atoms with Gasteiger partial charge < -0.3 is 10.8 Å². The van der Waals surface area contributed by atoms with E-state index in [9.17, 15) is 5.11 Å². The molecule has 1 aromatic carbocycles. The summed E-state index contributed by atoms with van der Waals surface area (Å²) in [6, 6.07) is 9.11. The molecule has 1 aromatic heterocycles. The van der Waals surface area contributed by atoms with Crippen molar-refractivity contribution >= 4 is 5.69 Å². The van der Waals surface area contributed by atoms with Crippen molar-refractivity contribution in [3.63, 3.8) is 0 Å². The first kappa shape index (κ1) is 8.56. The third-order valence-electron chi connectivity index (χ3n) is 1.94. The highest BCUT2D eigenvalue weighted by Gasteiger charge is 1.99. The molecule has 0 bridgehead atoms. The van der Waals surface area contributed by atoms with Crippen molar-refractivity contribution in [2.45, 2.75) is 0 Å². The van der Waals surface area contributed by atoms with E-state index in [-0.39, 0.29) is 5.75 Å². The van der Waals surface area contributed by atoms with E-state index in [2.05, 4.69) is 4.98 Å². The zero-order valence-electron chi connectivity index (χ0n) is 7.51. The lowest BCUT2D eigenvalue weighted by molar-refractivity contribution is 0.473. The Morgan fingerprint density at radius 3 is 2.64 bits per heavy atom. The lowest BCUT2D eigenvalue weighted by Crippen LogP contribution is -1.85. The number of aromatic nitrogens is 1. The van der Waals surface area contributed by atoms with Gasteiger partial charge in [0.05, 0.1) is 6.20 Å². The summed E-state index contributed by atoms with van der Waals surface area (Å²) >= 11 is 0. The summed E-state index contributed by atoms with van der Waals surface area (Å²) in [4.78, 5) is 3.90. The smallest absolute Gasteiger partial charge is 0.134 e. The second-order valence-electron chi connectivity index (χ2n) is 3.06. The first-order valence-electron chi connectivity index (χ1n) is 4.25. The number of hydrogen-bond acceptors (Lipinski definition) is 3. The minimum atomic E-state index is 0.157. The van der Waals surface area contributed by atoms with Crippen molar-refractivity contribution < 1.29 is 5.11 Å². The van der Waals surface area contributed by atoms with Crippen molar-refractivity contribution in [1.29, 1.82) is 0 Å². The van der Waals surface area contributed by atoms with Crippen LogP contribution >= 0.6 is 0 Å². The second kappa shape index (κ2) is 3.38. The molecule has 0 amide bonds. The van der Waals surface area contributed by atoms with Gasteiger partial charge in [0.2, 0.25) is 0 Å². The summed E-state index contributed by atoms with van der Waals surface area (Å²) in [6.07, 6.45) is 3.09. The zero-order valence-corrected chi connectivity index (χ0v) is 7.51. The SMILES string of the molecule is Nc1cccc(-c2cncc(O)c2)c1. The maximum Gasteiger partial charge on any atom is 0.134 e. The van der Waals surface area contributed by atoms with Gasteiger partial charge in [-0.15, -0.1) is 0 Å². The van der Waals surface area contributed by atoms with Gasteiger partial charge in [-0.1, -0.05) is 12.1 Å². The average Bonchev–Trinajstić information content (AvgIpc) is 2.18. The van der Waals surface area contributed by atoms with Gasteiger partial charge in [-0.2, -0.15) is 0 Å². The predicted molar refractivity (Wildman–Crippen MR) is 55.8 cm³/mol. The minimum absolute atomic E-state index is 0.157. The summed E-state index contributed by atoms with van der Waals surface area (Å²) in [5, 5.41) is 9.25. The highest BCUT2D eigenvalue weighted by atomic mass is 16.3. The van der Waals surface area contributed by atoms with Crippen LogP contribution in [0.3, 0.4) is 0 Å². The Hall–Kier alpha value is -2.03. The van der Waals surface area contributed by atoms with Crippen LogP contribution in [-0.4, -0.2) is 10.1 Å². The van der Waals surface area contributed by atoms with Gasteiger partial charge in [0.1, 0.15) is 5.75 Å². The number of rotatable bonds is 1. The van der Waals surface area contributed by atoms with Crippen molar-refractivity contribution in [2.24, 2.45) is 0 Å². The topological polar surface area (TPSA) is 59.1 Å². The van der Waals surface area contributed by atoms with Crippen LogP contribution in [0.4, 0.5) is 5.69 Å². The molecule has 0 unspecified atom stereocenters. The monoisotopic (exact) mass is 186 g/mol. The van der Waals surface area contributed by atoms with Crippen LogP contribution < -0.4 is 5.73 Å². The largest absolute Gasteiger partial charge is 0.506 e. The molecule has 0 spiro atoms. The van der Waals surface area contributed by atoms with Crippen LogP contribution in [0.1, 0.15) is 0 Å². The standard InChI is InChI=1S/C11H10N2O/c12-10-3-1-2-8(4-10)9-5-11(14)7-13-6-9/h1-7,14H,12H2. The van der Waals surface area contributed by atoms with Gasteiger partial charge in [0.15, 0.2) is 0 Å². The fourth-order valence-electron chi connectivity index (χ4n) is 1.30. The van der Waals surface area contributed by atoms with Gasteiger partial charge in [-0.3, -0.25) is 4.98 Å². The summed E-state index contributed by atoms with van der Waals surface area (Å²) in [7, 11) is 0. The van der Waals surface area contributed by atoms with Crippen LogP contribution in [-0.2, 0) is 0 Å². The van der Waals surface area contributed by atoms with Crippen molar-refractivity contribution in [3.05, 3.63) is 42.7 Å². The molecule has 3 heteroatoms. The van der Waals surface area contributed by atoms with Crippen LogP contribution in [0.5, 0.6) is 5.75 Å². The Morgan fingerprint density at radius 2 is 1.93 bits per heavy atom. The molecule has 0 radical (unpaired) electrons. The lowest BCUT2D eigenvalue weighted by atomic mass is 10.1. The molecule has 0 aliphatic heterocycles. The van der Waals surface area contributed by atoms with Crippen LogP contribution in [0, 0.1) is 0 Å². The van der Waals surface area contributed by atoms with Gasteiger partial charge in [-0.25, -0.2) is 0 Å². The number of nitrogens with two attached hydrogens (primary N) is 1. The van der Waals surface area contributed by atoms with E-state index in [1.165, 1.54) is 6.20 Å². The highest BCUT2D eigenvalue weighted by Crippen LogP contribution is 2.23. The Kier molecular flexibility index (Phi) is 2.07. The van der Waals surface area contributed by atoms with E-state index in [0.29, 0.717) is 5.69 Å². The number of nitrogens with zero attached hydrogens (tertiary/aromatic N) is 1. The quantitative estimate of drug-likeness (QED) is 0.670. The summed E-state index contributed by atoms with van der Waals surface area (Å²) in [5.41, 5.74) is 8.16. The van der Waals surface area contributed by atoms with Crippen LogP contribution in [0.2, 0.25) is 0 Å². The number of anilines is 1. The van der Waals surface area contributed by atoms with E-state index in [0.717, 1.165) is 11.1 Å². The van der Waals surface area contributed by atoms with E-state index in [1.807, 2.05) is 24.3 Å². The van der Waals surface area contributed by atoms with Gasteiger partial charge in [0, 0.05) is 17.4 Å². The maximum atomic E-state index is 9.25. The van der Waals surface area contributed by atoms with Gasteiger partial charge in [-0.05, 0) is 23.8 Å². The number of pyridine rings is 1. The third kappa shape index (κ3) is 1.66. The van der Waals surface area contributed by atoms with E-state index in [4.69, 9.17) is 5.73 Å². The Bertz CT molecular complexity index is 411. The molecule has 3 nitrogen and oxygen atoms in total. The van der Waals surface area contributed by atoms with Crippen molar-refractivity contribution in [1.82, 2.24) is 4.98 Å². The molecule has 3 N–H and O–H groups in total. The normalized spacial score (nSPS) is 10.0. The molecule has 70 valence electrons. The summed E-state index contributed by atoms with van der Waals surface area (Å²) in [6.45, 7) is 0. The average molecular weight is 186 g/mol. The predicted octanol–water partition coefficient (Wildman–Crippen LogP) is 2.04. The maximum absolute atomic E-state index is 9.25. The second-order valence-corrected chi connectivity index (χ2v) is 3.06. The van der Waals surface area contributed by atoms with Crippen LogP contribution in [0.15, 0.2) is 42.7 Å². The molecule has 0 saturated carbocycles. The van der Waals surface area contributed by atoms with Gasteiger partial charge in [0.25, 0.3) is 0 Å². The molecule has 0 atom stereocenters. The van der Waals surface area contributed by atoms with Crippen molar-refractivity contribution in [3.8, 4) is 16.9 Å². The Balaban J connectivity index is 2.49. The first-order valence-corrected chi connectivity index (χ1v) is 4.25. The lowest BCUT2D eigenvalue weighted by Gasteiger charge is -2.02. The molecular weight excluding hydrogens is 176 g/mol. The number of benzene rings is 1. The number of hydrogen-bond donors (Lipinski definition) is 2. The molecule has 2 rings (SSSR count). The molecule has 1 heterocycles. The van der Waals surface area contributed by atoms with Crippen LogP contribution in [0.25, 0.3) is 11.1 Å². The molecule has 0 saturated heterocycles. The minimum Gasteiger partial charge on any atom is -0.506 e. The fraction of sp³-hybridized carbons (Fsp3) is 0. The molecule has 0 fully saturated rings. The number of aromatic hydroxyl groups is 1.